The Labute approximate surface area is 328 Å². The Morgan fingerprint density at radius 2 is 1.18 bits per heavy atom. The number of nitrogens with one attached hydrogen (secondary N) is 1. The van der Waals surface area contributed by atoms with E-state index in [1.165, 1.54) is 38.5 Å². The van der Waals surface area contributed by atoms with Crippen molar-refractivity contribution in [3.63, 3.8) is 0 Å². The standard InChI is InChI=1S/C41H73NO13/c1-3-5-7-9-11-13-15-17-19-21-23-25-33(46)42-29(30(45)24-22-20-18-16-14-12-10-8-6-4-2)28-52-40-38(51)36(49)39(32(27-44)54-40)55-41-37(50)35(48)34(47)31(26-43)53-41/h9,11,14,16,22,24,29-32,34-41,43-45,47-51H,3-8,10,12-13,15,17-21,23,25-28H2,1-2H3,(H,42,46)/b11-9-,16-14+,24-22+. The first kappa shape index (κ1) is 49.4. The van der Waals surface area contributed by atoms with Crippen LogP contribution in [0.1, 0.15) is 123 Å². The molecule has 0 aliphatic carbocycles. The number of amides is 1. The van der Waals surface area contributed by atoms with Crippen LogP contribution in [0.15, 0.2) is 36.5 Å². The van der Waals surface area contributed by atoms with E-state index in [-0.39, 0.29) is 18.9 Å². The molecule has 2 saturated heterocycles. The van der Waals surface area contributed by atoms with E-state index >= 15 is 0 Å². The number of hydrogen-bond donors (Lipinski definition) is 9. The fraction of sp³-hybridized carbons (Fsp3) is 0.829. The first-order valence-corrected chi connectivity index (χ1v) is 20.7. The van der Waals surface area contributed by atoms with Crippen molar-refractivity contribution in [2.45, 2.75) is 197 Å². The average molecular weight is 788 g/mol. The highest BCUT2D eigenvalue weighted by Gasteiger charge is 2.50. The van der Waals surface area contributed by atoms with E-state index < -0.39 is 86.8 Å². The summed E-state index contributed by atoms with van der Waals surface area (Å²) in [6, 6.07) is -0.930. The monoisotopic (exact) mass is 788 g/mol. The summed E-state index contributed by atoms with van der Waals surface area (Å²) < 4.78 is 22.5. The molecule has 0 saturated carbocycles. The van der Waals surface area contributed by atoms with E-state index in [1.54, 1.807) is 6.08 Å². The molecule has 2 rings (SSSR count). The lowest BCUT2D eigenvalue weighted by molar-refractivity contribution is -0.359. The molecule has 12 unspecified atom stereocenters. The Balaban J connectivity index is 1.97. The van der Waals surface area contributed by atoms with Gasteiger partial charge >= 0.3 is 0 Å². The molecular formula is C41H73NO13. The van der Waals surface area contributed by atoms with Gasteiger partial charge in [0, 0.05) is 6.42 Å². The quantitative estimate of drug-likeness (QED) is 0.0393. The van der Waals surface area contributed by atoms with Gasteiger partial charge in [-0.3, -0.25) is 4.79 Å². The molecule has 14 heteroatoms. The second-order valence-electron chi connectivity index (χ2n) is 14.7. The molecule has 2 heterocycles. The molecule has 0 aromatic carbocycles. The Morgan fingerprint density at radius 3 is 1.84 bits per heavy atom. The van der Waals surface area contributed by atoms with Crippen LogP contribution in [0, 0.1) is 0 Å². The van der Waals surface area contributed by atoms with Crippen molar-refractivity contribution in [2.75, 3.05) is 19.8 Å². The number of unbranched alkanes of at least 4 members (excludes halogenated alkanes) is 12. The third-order valence-electron chi connectivity index (χ3n) is 10.0. The number of aliphatic hydroxyl groups is 8. The van der Waals surface area contributed by atoms with Gasteiger partial charge in [0.1, 0.15) is 48.8 Å². The first-order chi connectivity index (χ1) is 26.6. The molecule has 12 atom stereocenters. The topological polar surface area (TPSA) is 228 Å². The molecule has 2 aliphatic heterocycles. The van der Waals surface area contributed by atoms with Crippen LogP contribution in [-0.2, 0) is 23.7 Å². The van der Waals surface area contributed by atoms with Gasteiger partial charge < -0.3 is 65.1 Å². The van der Waals surface area contributed by atoms with Gasteiger partial charge in [-0.1, -0.05) is 102 Å². The van der Waals surface area contributed by atoms with Gasteiger partial charge in [0.2, 0.25) is 5.91 Å². The maximum absolute atomic E-state index is 13.0. The highest BCUT2D eigenvalue weighted by molar-refractivity contribution is 5.76. The van der Waals surface area contributed by atoms with Crippen molar-refractivity contribution in [1.29, 1.82) is 0 Å². The lowest BCUT2D eigenvalue weighted by atomic mass is 9.97. The van der Waals surface area contributed by atoms with E-state index in [4.69, 9.17) is 18.9 Å². The van der Waals surface area contributed by atoms with Crippen molar-refractivity contribution in [1.82, 2.24) is 5.32 Å². The third kappa shape index (κ3) is 18.6. The zero-order valence-electron chi connectivity index (χ0n) is 33.2. The zero-order chi connectivity index (χ0) is 40.4. The molecular weight excluding hydrogens is 714 g/mol. The fourth-order valence-corrected chi connectivity index (χ4v) is 6.52. The number of rotatable bonds is 29. The third-order valence-corrected chi connectivity index (χ3v) is 10.0. The summed E-state index contributed by atoms with van der Waals surface area (Å²) in [6.07, 6.45) is 12.2. The fourth-order valence-electron chi connectivity index (χ4n) is 6.52. The van der Waals surface area contributed by atoms with E-state index in [2.05, 4.69) is 43.5 Å². The van der Waals surface area contributed by atoms with Crippen molar-refractivity contribution < 1.29 is 64.6 Å². The largest absolute Gasteiger partial charge is 0.394 e. The van der Waals surface area contributed by atoms with E-state index in [0.717, 1.165) is 51.4 Å². The SMILES string of the molecule is CCCC/C=C\CCCCCCCC(=O)NC(COC1OC(CO)C(OC2OC(CO)C(O)C(O)C2O)C(O)C1O)C(O)/C=C/CC/C=C/CCCCCC. The summed E-state index contributed by atoms with van der Waals surface area (Å²) in [4.78, 5) is 13.0. The van der Waals surface area contributed by atoms with E-state index in [9.17, 15) is 45.6 Å². The molecule has 14 nitrogen and oxygen atoms in total. The molecule has 55 heavy (non-hydrogen) atoms. The molecule has 9 N–H and O–H groups in total. The summed E-state index contributed by atoms with van der Waals surface area (Å²) >= 11 is 0. The summed E-state index contributed by atoms with van der Waals surface area (Å²) in [6.45, 7) is 2.63. The van der Waals surface area contributed by atoms with Crippen molar-refractivity contribution in [3.8, 4) is 0 Å². The molecule has 0 aromatic heterocycles. The van der Waals surface area contributed by atoms with Gasteiger partial charge in [-0.25, -0.2) is 0 Å². The Hall–Kier alpha value is -1.79. The predicted molar refractivity (Wildman–Crippen MR) is 208 cm³/mol. The summed E-state index contributed by atoms with van der Waals surface area (Å²) in [7, 11) is 0. The smallest absolute Gasteiger partial charge is 0.220 e. The maximum Gasteiger partial charge on any atom is 0.220 e. The lowest BCUT2D eigenvalue weighted by Gasteiger charge is -2.46. The minimum Gasteiger partial charge on any atom is -0.394 e. The predicted octanol–water partition coefficient (Wildman–Crippen LogP) is 2.81. The van der Waals surface area contributed by atoms with Gasteiger partial charge in [-0.05, 0) is 51.4 Å². The maximum atomic E-state index is 13.0. The number of ether oxygens (including phenoxy) is 4. The molecule has 2 aliphatic rings. The molecule has 320 valence electrons. The molecule has 0 spiro atoms. The first-order valence-electron chi connectivity index (χ1n) is 20.7. The van der Waals surface area contributed by atoms with Crippen LogP contribution in [0.25, 0.3) is 0 Å². The lowest BCUT2D eigenvalue weighted by Crippen LogP contribution is -2.65. The van der Waals surface area contributed by atoms with Crippen molar-refractivity contribution in [3.05, 3.63) is 36.5 Å². The Morgan fingerprint density at radius 1 is 0.636 bits per heavy atom. The van der Waals surface area contributed by atoms with Crippen LogP contribution in [0.4, 0.5) is 0 Å². The van der Waals surface area contributed by atoms with Crippen LogP contribution in [0.3, 0.4) is 0 Å². The highest BCUT2D eigenvalue weighted by Crippen LogP contribution is 2.29. The number of hydrogen-bond acceptors (Lipinski definition) is 13. The number of aliphatic hydroxyl groups excluding tert-OH is 8. The summed E-state index contributed by atoms with van der Waals surface area (Å²) in [5, 5.41) is 86.1. The summed E-state index contributed by atoms with van der Waals surface area (Å²) in [5.74, 6) is -0.266. The highest BCUT2D eigenvalue weighted by atomic mass is 16.7. The minimum absolute atomic E-state index is 0.262. The second-order valence-corrected chi connectivity index (χ2v) is 14.7. The van der Waals surface area contributed by atoms with Gasteiger partial charge in [0.05, 0.1) is 32.0 Å². The summed E-state index contributed by atoms with van der Waals surface area (Å²) in [5.41, 5.74) is 0. The zero-order valence-corrected chi connectivity index (χ0v) is 33.2. The van der Waals surface area contributed by atoms with Gasteiger partial charge in [0.15, 0.2) is 12.6 Å². The molecule has 0 bridgehead atoms. The van der Waals surface area contributed by atoms with Gasteiger partial charge in [-0.2, -0.15) is 0 Å². The molecule has 2 fully saturated rings. The van der Waals surface area contributed by atoms with Gasteiger partial charge in [-0.15, -0.1) is 0 Å². The van der Waals surface area contributed by atoms with Gasteiger partial charge in [0.25, 0.3) is 0 Å². The molecule has 0 aromatic rings. The number of carbonyl (C=O) groups excluding carboxylic acids is 1. The minimum atomic E-state index is -1.79. The van der Waals surface area contributed by atoms with Crippen LogP contribution in [0.5, 0.6) is 0 Å². The normalized spacial score (nSPS) is 30.1. The van der Waals surface area contributed by atoms with E-state index in [0.29, 0.717) is 12.8 Å². The van der Waals surface area contributed by atoms with Crippen LogP contribution < -0.4 is 5.32 Å². The van der Waals surface area contributed by atoms with Crippen LogP contribution in [-0.4, -0.2) is 140 Å². The van der Waals surface area contributed by atoms with Crippen LogP contribution in [0.2, 0.25) is 0 Å². The Bertz CT molecular complexity index is 1070. The van der Waals surface area contributed by atoms with Crippen molar-refractivity contribution in [2.24, 2.45) is 0 Å². The number of carbonyl (C=O) groups is 1. The number of allylic oxidation sites excluding steroid dienone is 5. The van der Waals surface area contributed by atoms with Crippen molar-refractivity contribution >= 4 is 5.91 Å². The Kier molecular flexibility index (Phi) is 26.4. The average Bonchev–Trinajstić information content (AvgIpc) is 3.18. The molecule has 1 amide bonds. The van der Waals surface area contributed by atoms with E-state index in [1.807, 2.05) is 6.08 Å². The second kappa shape index (κ2) is 29.4. The van der Waals surface area contributed by atoms with Crippen LogP contribution >= 0.6 is 0 Å². The molecule has 0 radical (unpaired) electrons.